The Kier molecular flexibility index (Phi) is 4.12. The van der Waals surface area contributed by atoms with Gasteiger partial charge in [-0.2, -0.15) is 4.98 Å². The third kappa shape index (κ3) is 3.14. The maximum absolute atomic E-state index is 12.2. The van der Waals surface area contributed by atoms with Crippen LogP contribution in [0, 0.1) is 17.0 Å². The van der Waals surface area contributed by atoms with Gasteiger partial charge in [0.05, 0.1) is 10.5 Å². The minimum absolute atomic E-state index is 0.0635. The number of nitrogens with zero attached hydrogens (tertiary/aromatic N) is 3. The molecule has 1 heterocycles. The summed E-state index contributed by atoms with van der Waals surface area (Å²) in [6.45, 7) is 3.82. The summed E-state index contributed by atoms with van der Waals surface area (Å²) in [6, 6.07) is 4.17. The number of carbonyl (C=O) groups is 1. The van der Waals surface area contributed by atoms with E-state index in [2.05, 4.69) is 20.8 Å². The highest BCUT2D eigenvalue weighted by Crippen LogP contribution is 2.28. The zero-order valence-corrected chi connectivity index (χ0v) is 11.4. The van der Waals surface area contributed by atoms with Crippen LogP contribution in [-0.2, 0) is 0 Å². The van der Waals surface area contributed by atoms with Gasteiger partial charge in [0.15, 0.2) is 5.82 Å². The molecule has 110 valence electrons. The Morgan fingerprint density at radius 2 is 2.24 bits per heavy atom. The summed E-state index contributed by atoms with van der Waals surface area (Å²) < 4.78 is 4.79. The predicted octanol–water partition coefficient (Wildman–Crippen LogP) is 1.97. The molecular formula is C12H13N5O4. The van der Waals surface area contributed by atoms with Gasteiger partial charge in [-0.1, -0.05) is 11.2 Å². The van der Waals surface area contributed by atoms with Crippen LogP contribution < -0.4 is 10.6 Å². The molecule has 1 aromatic carbocycles. The number of aryl methyl sites for hydroxylation is 1. The van der Waals surface area contributed by atoms with Crippen molar-refractivity contribution in [1.82, 2.24) is 10.1 Å². The fourth-order valence-electron chi connectivity index (χ4n) is 1.76. The average Bonchev–Trinajstić information content (AvgIpc) is 2.84. The number of anilines is 2. The number of hydrogen-bond acceptors (Lipinski definition) is 7. The largest absolute Gasteiger partial charge is 0.379 e. The molecule has 9 nitrogen and oxygen atoms in total. The molecule has 2 rings (SSSR count). The SMILES string of the molecule is CCNc1c(C(=O)Nc2nc(C)no2)cccc1[N+](=O)[O-]. The van der Waals surface area contributed by atoms with Crippen LogP contribution in [0.2, 0.25) is 0 Å². The molecule has 0 bridgehead atoms. The molecule has 0 atom stereocenters. The molecule has 0 unspecified atom stereocenters. The normalized spacial score (nSPS) is 10.2. The molecule has 1 amide bonds. The summed E-state index contributed by atoms with van der Waals surface area (Å²) in [7, 11) is 0. The molecule has 0 radical (unpaired) electrons. The fourth-order valence-corrected chi connectivity index (χ4v) is 1.76. The van der Waals surface area contributed by atoms with Gasteiger partial charge in [-0.25, -0.2) is 0 Å². The lowest BCUT2D eigenvalue weighted by atomic mass is 10.1. The van der Waals surface area contributed by atoms with Gasteiger partial charge < -0.3 is 9.84 Å². The van der Waals surface area contributed by atoms with Crippen molar-refractivity contribution >= 4 is 23.3 Å². The van der Waals surface area contributed by atoms with E-state index in [9.17, 15) is 14.9 Å². The van der Waals surface area contributed by atoms with Gasteiger partial charge in [-0.05, 0) is 19.9 Å². The van der Waals surface area contributed by atoms with Crippen molar-refractivity contribution in [1.29, 1.82) is 0 Å². The first kappa shape index (κ1) is 14.4. The second-order valence-corrected chi connectivity index (χ2v) is 4.09. The Hall–Kier alpha value is -2.97. The van der Waals surface area contributed by atoms with Gasteiger partial charge >= 0.3 is 6.01 Å². The fraction of sp³-hybridized carbons (Fsp3) is 0.250. The first-order valence-corrected chi connectivity index (χ1v) is 6.16. The highest BCUT2D eigenvalue weighted by molar-refractivity contribution is 6.08. The molecule has 0 spiro atoms. The first-order valence-electron chi connectivity index (χ1n) is 6.16. The van der Waals surface area contributed by atoms with E-state index in [1.165, 1.54) is 18.2 Å². The molecule has 0 fully saturated rings. The number of benzene rings is 1. The number of nitro benzene ring substituents is 1. The minimum atomic E-state index is -0.571. The molecule has 0 aliphatic heterocycles. The second kappa shape index (κ2) is 5.99. The van der Waals surface area contributed by atoms with E-state index in [4.69, 9.17) is 4.52 Å². The average molecular weight is 291 g/mol. The minimum Gasteiger partial charge on any atom is -0.379 e. The summed E-state index contributed by atoms with van der Waals surface area (Å²) in [6.07, 6.45) is 0. The molecule has 0 aliphatic rings. The smallest absolute Gasteiger partial charge is 0.328 e. The van der Waals surface area contributed by atoms with Gasteiger partial charge in [0.1, 0.15) is 5.69 Å². The van der Waals surface area contributed by atoms with Gasteiger partial charge in [-0.15, -0.1) is 0 Å². The number of rotatable bonds is 5. The maximum atomic E-state index is 12.2. The Bertz CT molecular complexity index is 682. The number of carbonyl (C=O) groups excluding carboxylic acids is 1. The van der Waals surface area contributed by atoms with E-state index in [1.807, 2.05) is 0 Å². The van der Waals surface area contributed by atoms with E-state index in [1.54, 1.807) is 13.8 Å². The van der Waals surface area contributed by atoms with E-state index in [0.29, 0.717) is 12.4 Å². The second-order valence-electron chi connectivity index (χ2n) is 4.09. The topological polar surface area (TPSA) is 123 Å². The van der Waals surface area contributed by atoms with Crippen molar-refractivity contribution in [2.24, 2.45) is 0 Å². The molecule has 9 heteroatoms. The zero-order chi connectivity index (χ0) is 15.4. The lowest BCUT2D eigenvalue weighted by molar-refractivity contribution is -0.384. The Labute approximate surface area is 119 Å². The number of para-hydroxylation sites is 1. The molecule has 1 aromatic heterocycles. The Balaban J connectivity index is 2.35. The van der Waals surface area contributed by atoms with Crippen molar-refractivity contribution in [3.63, 3.8) is 0 Å². The highest BCUT2D eigenvalue weighted by atomic mass is 16.6. The molecular weight excluding hydrogens is 278 g/mol. The van der Waals surface area contributed by atoms with E-state index < -0.39 is 10.8 Å². The molecule has 0 aliphatic carbocycles. The van der Waals surface area contributed by atoms with Crippen LogP contribution in [0.3, 0.4) is 0 Å². The van der Waals surface area contributed by atoms with Gasteiger partial charge in [0.2, 0.25) is 0 Å². The quantitative estimate of drug-likeness (QED) is 0.637. The van der Waals surface area contributed by atoms with Crippen molar-refractivity contribution in [3.05, 3.63) is 39.7 Å². The number of hydrogen-bond donors (Lipinski definition) is 2. The lowest BCUT2D eigenvalue weighted by Crippen LogP contribution is -2.16. The highest BCUT2D eigenvalue weighted by Gasteiger charge is 2.22. The summed E-state index contributed by atoms with van der Waals surface area (Å²) in [4.78, 5) is 26.5. The van der Waals surface area contributed by atoms with Crippen LogP contribution in [0.1, 0.15) is 23.1 Å². The predicted molar refractivity (Wildman–Crippen MR) is 74.2 cm³/mol. The Morgan fingerprint density at radius 1 is 1.48 bits per heavy atom. The van der Waals surface area contributed by atoms with Crippen LogP contribution in [-0.4, -0.2) is 27.5 Å². The number of aromatic nitrogens is 2. The summed E-state index contributed by atoms with van der Waals surface area (Å²) in [5.74, 6) is -0.199. The number of nitro groups is 1. The van der Waals surface area contributed by atoms with Crippen LogP contribution >= 0.6 is 0 Å². The van der Waals surface area contributed by atoms with E-state index in [0.717, 1.165) is 0 Å². The van der Waals surface area contributed by atoms with Crippen LogP contribution in [0.5, 0.6) is 0 Å². The van der Waals surface area contributed by atoms with Crippen LogP contribution in [0.15, 0.2) is 22.7 Å². The lowest BCUT2D eigenvalue weighted by Gasteiger charge is -2.09. The number of amides is 1. The molecule has 2 N–H and O–H groups in total. The maximum Gasteiger partial charge on any atom is 0.328 e. The standard InChI is InChI=1S/C12H13N5O4/c1-3-13-10-8(5-4-6-9(10)17(19)20)11(18)15-12-14-7(2)16-21-12/h4-6,13H,3H2,1-2H3,(H,14,15,16,18). The van der Waals surface area contributed by atoms with Crippen molar-refractivity contribution in [2.45, 2.75) is 13.8 Å². The van der Waals surface area contributed by atoms with Gasteiger partial charge in [0.25, 0.3) is 11.6 Å². The number of nitrogens with one attached hydrogen (secondary N) is 2. The molecule has 0 saturated heterocycles. The molecule has 0 saturated carbocycles. The van der Waals surface area contributed by atoms with Crippen LogP contribution in [0.4, 0.5) is 17.4 Å². The van der Waals surface area contributed by atoms with Crippen LogP contribution in [0.25, 0.3) is 0 Å². The van der Waals surface area contributed by atoms with Crippen molar-refractivity contribution in [2.75, 3.05) is 17.2 Å². The van der Waals surface area contributed by atoms with E-state index >= 15 is 0 Å². The van der Waals surface area contributed by atoms with Gasteiger partial charge in [0, 0.05) is 12.6 Å². The van der Waals surface area contributed by atoms with Gasteiger partial charge in [-0.3, -0.25) is 20.2 Å². The summed E-state index contributed by atoms with van der Waals surface area (Å²) >= 11 is 0. The third-order valence-electron chi connectivity index (χ3n) is 2.59. The Morgan fingerprint density at radius 3 is 2.81 bits per heavy atom. The molecule has 2 aromatic rings. The third-order valence-corrected chi connectivity index (χ3v) is 2.59. The zero-order valence-electron chi connectivity index (χ0n) is 11.4. The monoisotopic (exact) mass is 291 g/mol. The van der Waals surface area contributed by atoms with E-state index in [-0.39, 0.29) is 23.0 Å². The summed E-state index contributed by atoms with van der Waals surface area (Å²) in [5, 5.41) is 19.8. The van der Waals surface area contributed by atoms with Crippen molar-refractivity contribution in [3.8, 4) is 0 Å². The van der Waals surface area contributed by atoms with Crippen molar-refractivity contribution < 1.29 is 14.2 Å². The molecule has 21 heavy (non-hydrogen) atoms. The first-order chi connectivity index (χ1) is 10.0. The summed E-state index contributed by atoms with van der Waals surface area (Å²) in [5.41, 5.74) is 0.104.